The zero-order chi connectivity index (χ0) is 22.6. The predicted molar refractivity (Wildman–Crippen MR) is 120 cm³/mol. The molecule has 162 valence electrons. The predicted octanol–water partition coefficient (Wildman–Crippen LogP) is 5.70. The van der Waals surface area contributed by atoms with Gasteiger partial charge in [0.05, 0.1) is 28.0 Å². The van der Waals surface area contributed by atoms with Crippen molar-refractivity contribution in [2.24, 2.45) is 0 Å². The molecule has 1 aromatic heterocycles. The summed E-state index contributed by atoms with van der Waals surface area (Å²) in [7, 11) is 0. The van der Waals surface area contributed by atoms with Crippen molar-refractivity contribution >= 4 is 34.6 Å². The van der Waals surface area contributed by atoms with Crippen LogP contribution in [0.3, 0.4) is 0 Å². The Bertz CT molecular complexity index is 1110. The molecule has 0 unspecified atom stereocenters. The largest absolute Gasteiger partial charge is 0.478 e. The molecule has 0 aliphatic rings. The summed E-state index contributed by atoms with van der Waals surface area (Å²) in [6.07, 6.45) is 2.31. The van der Waals surface area contributed by atoms with E-state index < -0.39 is 11.6 Å². The Morgan fingerprint density at radius 3 is 2.35 bits per heavy atom. The highest BCUT2D eigenvalue weighted by Gasteiger charge is 2.17. The minimum atomic E-state index is -1.01. The number of aromatic carboxylic acids is 1. The minimum absolute atomic E-state index is 0.164. The standard InChI is InChI=1S/C24H25ClN2O4/c1-24(2,3)31-21(28)7-5-4-6-19-22(15-8-11-17(25)12-9-15)27-18-13-10-16(23(29)30)14-20(18)26-19/h8-14H,4-7H2,1-3H3,(H,29,30). The fourth-order valence-corrected chi connectivity index (χ4v) is 3.32. The fraction of sp³-hybridized carbons (Fsp3) is 0.333. The smallest absolute Gasteiger partial charge is 0.335 e. The molecule has 7 heteroatoms. The van der Waals surface area contributed by atoms with E-state index in [4.69, 9.17) is 26.3 Å². The number of hydrogen-bond acceptors (Lipinski definition) is 5. The minimum Gasteiger partial charge on any atom is -0.478 e. The van der Waals surface area contributed by atoms with Gasteiger partial charge in [-0.15, -0.1) is 0 Å². The molecule has 0 aliphatic carbocycles. The molecule has 0 aliphatic heterocycles. The summed E-state index contributed by atoms with van der Waals surface area (Å²) in [5.41, 5.74) is 3.17. The third kappa shape index (κ3) is 6.25. The molecule has 0 amide bonds. The van der Waals surface area contributed by atoms with Crippen LogP contribution in [0.5, 0.6) is 0 Å². The summed E-state index contributed by atoms with van der Waals surface area (Å²) in [5, 5.41) is 9.90. The molecule has 0 spiro atoms. The van der Waals surface area contributed by atoms with E-state index in [1.54, 1.807) is 18.2 Å². The van der Waals surface area contributed by atoms with Crippen LogP contribution in [0.1, 0.15) is 56.1 Å². The molecular weight excluding hydrogens is 416 g/mol. The molecule has 0 saturated carbocycles. The van der Waals surface area contributed by atoms with E-state index in [9.17, 15) is 14.7 Å². The SMILES string of the molecule is CC(C)(C)OC(=O)CCCCc1nc2cc(C(=O)O)ccc2nc1-c1ccc(Cl)cc1. The summed E-state index contributed by atoms with van der Waals surface area (Å²) in [6.45, 7) is 5.54. The number of rotatable bonds is 7. The highest BCUT2D eigenvalue weighted by Crippen LogP contribution is 2.26. The second kappa shape index (κ2) is 9.43. The maximum Gasteiger partial charge on any atom is 0.335 e. The van der Waals surface area contributed by atoms with E-state index in [0.29, 0.717) is 35.3 Å². The summed E-state index contributed by atoms with van der Waals surface area (Å²) < 4.78 is 5.35. The number of carbonyl (C=O) groups is 2. The number of aryl methyl sites for hydroxylation is 1. The number of ether oxygens (including phenoxy) is 1. The molecule has 1 heterocycles. The van der Waals surface area contributed by atoms with Gasteiger partial charge in [0.25, 0.3) is 0 Å². The summed E-state index contributed by atoms with van der Waals surface area (Å²) in [6, 6.07) is 12.1. The van der Waals surface area contributed by atoms with Crippen molar-refractivity contribution in [1.29, 1.82) is 0 Å². The van der Waals surface area contributed by atoms with Gasteiger partial charge < -0.3 is 9.84 Å². The van der Waals surface area contributed by atoms with Gasteiger partial charge in [-0.2, -0.15) is 0 Å². The van der Waals surface area contributed by atoms with Gasteiger partial charge in [0.2, 0.25) is 0 Å². The number of unbranched alkanes of at least 4 members (excludes halogenated alkanes) is 1. The Morgan fingerprint density at radius 2 is 1.71 bits per heavy atom. The number of fused-ring (bicyclic) bond motifs is 1. The van der Waals surface area contributed by atoms with Gasteiger partial charge in [0.1, 0.15) is 5.60 Å². The Balaban J connectivity index is 1.85. The first-order valence-corrected chi connectivity index (χ1v) is 10.5. The Kier molecular flexibility index (Phi) is 6.91. The number of benzene rings is 2. The molecule has 0 radical (unpaired) electrons. The molecule has 3 aromatic rings. The van der Waals surface area contributed by atoms with E-state index in [1.165, 1.54) is 12.1 Å². The lowest BCUT2D eigenvalue weighted by Crippen LogP contribution is -2.23. The lowest BCUT2D eigenvalue weighted by Gasteiger charge is -2.19. The van der Waals surface area contributed by atoms with Crippen LogP contribution in [-0.2, 0) is 16.0 Å². The van der Waals surface area contributed by atoms with Gasteiger partial charge in [-0.05, 0) is 70.4 Å². The number of halogens is 1. The molecule has 3 rings (SSSR count). The quantitative estimate of drug-likeness (QED) is 0.374. The number of aromatic nitrogens is 2. The number of carboxylic acid groups (broad SMARTS) is 1. The lowest BCUT2D eigenvalue weighted by atomic mass is 10.0. The molecule has 0 saturated heterocycles. The Morgan fingerprint density at radius 1 is 1.00 bits per heavy atom. The first-order chi connectivity index (χ1) is 14.6. The zero-order valence-electron chi connectivity index (χ0n) is 17.8. The van der Waals surface area contributed by atoms with Crippen LogP contribution < -0.4 is 0 Å². The van der Waals surface area contributed by atoms with Crippen LogP contribution in [-0.4, -0.2) is 32.6 Å². The maximum absolute atomic E-state index is 11.9. The van der Waals surface area contributed by atoms with Crippen LogP contribution in [0.25, 0.3) is 22.3 Å². The van der Waals surface area contributed by atoms with Crippen LogP contribution >= 0.6 is 11.6 Å². The number of esters is 1. The highest BCUT2D eigenvalue weighted by molar-refractivity contribution is 6.30. The maximum atomic E-state index is 11.9. The molecule has 31 heavy (non-hydrogen) atoms. The Hall–Kier alpha value is -2.99. The van der Waals surface area contributed by atoms with Crippen LogP contribution in [0, 0.1) is 0 Å². The van der Waals surface area contributed by atoms with E-state index in [-0.39, 0.29) is 11.5 Å². The van der Waals surface area contributed by atoms with Gasteiger partial charge in [0, 0.05) is 17.0 Å². The third-order valence-corrected chi connectivity index (χ3v) is 4.82. The summed E-state index contributed by atoms with van der Waals surface area (Å²) >= 11 is 6.02. The average Bonchev–Trinajstić information content (AvgIpc) is 2.69. The number of nitrogens with zero attached hydrogens (tertiary/aromatic N) is 2. The van der Waals surface area contributed by atoms with Crippen molar-refractivity contribution < 1.29 is 19.4 Å². The number of carboxylic acids is 1. The molecule has 0 fully saturated rings. The van der Waals surface area contributed by atoms with Crippen molar-refractivity contribution in [2.45, 2.75) is 52.1 Å². The molecule has 1 N–H and O–H groups in total. The average molecular weight is 441 g/mol. The van der Waals surface area contributed by atoms with Crippen molar-refractivity contribution in [3.63, 3.8) is 0 Å². The summed E-state index contributed by atoms with van der Waals surface area (Å²) in [4.78, 5) is 32.7. The second-order valence-corrected chi connectivity index (χ2v) is 8.76. The topological polar surface area (TPSA) is 89.4 Å². The van der Waals surface area contributed by atoms with Gasteiger partial charge in [-0.1, -0.05) is 23.7 Å². The van der Waals surface area contributed by atoms with Crippen LogP contribution in [0.2, 0.25) is 5.02 Å². The van der Waals surface area contributed by atoms with Crippen molar-refractivity contribution in [2.75, 3.05) is 0 Å². The molecule has 0 bridgehead atoms. The van der Waals surface area contributed by atoms with Gasteiger partial charge in [-0.3, -0.25) is 4.79 Å². The number of hydrogen-bond donors (Lipinski definition) is 1. The van der Waals surface area contributed by atoms with Gasteiger partial charge in [0.15, 0.2) is 0 Å². The van der Waals surface area contributed by atoms with E-state index in [2.05, 4.69) is 0 Å². The van der Waals surface area contributed by atoms with Crippen LogP contribution in [0.15, 0.2) is 42.5 Å². The van der Waals surface area contributed by atoms with Crippen molar-refractivity contribution in [1.82, 2.24) is 9.97 Å². The van der Waals surface area contributed by atoms with Crippen molar-refractivity contribution in [3.8, 4) is 11.3 Å². The summed E-state index contributed by atoms with van der Waals surface area (Å²) in [5.74, 6) is -1.23. The second-order valence-electron chi connectivity index (χ2n) is 8.33. The Labute approximate surface area is 186 Å². The van der Waals surface area contributed by atoms with E-state index in [0.717, 1.165) is 23.4 Å². The van der Waals surface area contributed by atoms with Crippen molar-refractivity contribution in [3.05, 3.63) is 58.7 Å². The van der Waals surface area contributed by atoms with Crippen LogP contribution in [0.4, 0.5) is 0 Å². The molecule has 6 nitrogen and oxygen atoms in total. The van der Waals surface area contributed by atoms with E-state index >= 15 is 0 Å². The normalized spacial score (nSPS) is 11.5. The highest BCUT2D eigenvalue weighted by atomic mass is 35.5. The fourth-order valence-electron chi connectivity index (χ4n) is 3.19. The number of carbonyl (C=O) groups excluding carboxylic acids is 1. The molecular formula is C24H25ClN2O4. The van der Waals surface area contributed by atoms with E-state index in [1.807, 2.05) is 32.9 Å². The monoisotopic (exact) mass is 440 g/mol. The first kappa shape index (κ1) is 22.7. The third-order valence-electron chi connectivity index (χ3n) is 4.57. The zero-order valence-corrected chi connectivity index (χ0v) is 18.6. The molecule has 2 aromatic carbocycles. The van der Waals surface area contributed by atoms with Gasteiger partial charge in [-0.25, -0.2) is 14.8 Å². The lowest BCUT2D eigenvalue weighted by molar-refractivity contribution is -0.154. The molecule has 0 atom stereocenters. The van der Waals surface area contributed by atoms with Gasteiger partial charge >= 0.3 is 11.9 Å². The first-order valence-electron chi connectivity index (χ1n) is 10.1.